The molecule has 232 valence electrons. The van der Waals surface area contributed by atoms with E-state index in [0.717, 1.165) is 0 Å². The fourth-order valence-electron chi connectivity index (χ4n) is 1.52. The first-order valence-electron chi connectivity index (χ1n) is 9.62. The molecule has 0 aromatic heterocycles. The molecule has 0 bridgehead atoms. The monoisotopic (exact) mass is 746 g/mol. The summed E-state index contributed by atoms with van der Waals surface area (Å²) in [5, 5.41) is 22.3. The van der Waals surface area contributed by atoms with Gasteiger partial charge in [0.15, 0.2) is 0 Å². The molecule has 0 radical (unpaired) electrons. The zero-order chi connectivity index (χ0) is 31.7. The second-order valence-electron chi connectivity index (χ2n) is 9.54. The topological polar surface area (TPSA) is 112 Å². The van der Waals surface area contributed by atoms with Gasteiger partial charge in [0.25, 0.3) is 0 Å². The van der Waals surface area contributed by atoms with Crippen molar-refractivity contribution in [3.63, 3.8) is 0 Å². The van der Waals surface area contributed by atoms with Gasteiger partial charge in [-0.15, -0.1) is 11.5 Å². The third kappa shape index (κ3) is 10.7. The van der Waals surface area contributed by atoms with Gasteiger partial charge in [-0.3, -0.25) is 9.59 Å². The van der Waals surface area contributed by atoms with Crippen molar-refractivity contribution in [3.05, 3.63) is 23.7 Å². The Bertz CT molecular complexity index is 861. The molecule has 0 aliphatic rings. The molecular weight excluding hydrogens is 724 g/mol. The first-order valence-corrected chi connectivity index (χ1v) is 9.62. The molecule has 0 fully saturated rings. The number of alkyl halides is 14. The van der Waals surface area contributed by atoms with Crippen LogP contribution in [0, 0.1) is 10.8 Å². The smallest absolute Gasteiger partial charge is 0.875 e. The van der Waals surface area contributed by atoms with Crippen molar-refractivity contribution >= 4 is 60.4 Å². The summed E-state index contributed by atoms with van der Waals surface area (Å²) in [7, 11) is 0. The fraction of sp³-hybridized carbons (Fsp3) is 0.700. The van der Waals surface area contributed by atoms with E-state index in [-0.39, 0.29) is 54.4 Å². The van der Waals surface area contributed by atoms with Crippen molar-refractivity contribution in [1.29, 1.82) is 0 Å². The fourth-order valence-corrected chi connectivity index (χ4v) is 1.52. The summed E-state index contributed by atoms with van der Waals surface area (Å²) in [6.45, 7) is 7.08. The molecule has 0 unspecified atom stereocenters. The minimum Gasteiger partial charge on any atom is -0.875 e. The van der Waals surface area contributed by atoms with Crippen LogP contribution in [0.5, 0.6) is 0 Å². The summed E-state index contributed by atoms with van der Waals surface area (Å²) in [5.74, 6) is -33.5. The summed E-state index contributed by atoms with van der Waals surface area (Å²) in [4.78, 5) is 21.6. The van der Waals surface area contributed by atoms with Gasteiger partial charge in [-0.05, 0) is 23.0 Å². The van der Waals surface area contributed by atoms with Crippen LogP contribution in [0.2, 0.25) is 0 Å². The van der Waals surface area contributed by atoms with Crippen LogP contribution in [-0.4, -0.2) is 102 Å². The van der Waals surface area contributed by atoms with Gasteiger partial charge in [0, 0.05) is 0 Å². The van der Waals surface area contributed by atoms with Gasteiger partial charge >= 0.3 is 84.9 Å². The van der Waals surface area contributed by atoms with E-state index in [1.165, 1.54) is 41.5 Å². The molecule has 0 heterocycles. The Labute approximate surface area is 258 Å². The van der Waals surface area contributed by atoms with E-state index in [4.69, 9.17) is 0 Å². The van der Waals surface area contributed by atoms with Crippen molar-refractivity contribution in [3.8, 4) is 0 Å². The Morgan fingerprint density at radius 2 is 0.675 bits per heavy atom. The van der Waals surface area contributed by atoms with Crippen LogP contribution in [0.3, 0.4) is 0 Å². The summed E-state index contributed by atoms with van der Waals surface area (Å²) in [6.07, 6.45) is -14.1. The number of allylic oxidation sites excluding steroid dienone is 4. The van der Waals surface area contributed by atoms with E-state index in [2.05, 4.69) is 0 Å². The molecule has 40 heavy (non-hydrogen) atoms. The first kappa shape index (κ1) is 45.9. The van der Waals surface area contributed by atoms with E-state index < -0.39 is 82.1 Å². The molecule has 0 rings (SSSR count). The molecule has 0 aliphatic carbocycles. The number of hydrogen-bond donors (Lipinski definition) is 0. The van der Waals surface area contributed by atoms with Crippen molar-refractivity contribution in [2.24, 2.45) is 10.8 Å². The first-order chi connectivity index (χ1) is 16.1. The van der Waals surface area contributed by atoms with Gasteiger partial charge < -0.3 is 15.7 Å². The summed E-state index contributed by atoms with van der Waals surface area (Å²) >= 11 is 0. The molecule has 0 aromatic carbocycles. The van der Waals surface area contributed by atoms with Gasteiger partial charge in [0.2, 0.25) is 11.6 Å². The van der Waals surface area contributed by atoms with Gasteiger partial charge in [-0.25, -0.2) is 0 Å². The maximum Gasteiger partial charge on any atom is 2.00 e. The van der Waals surface area contributed by atoms with Crippen molar-refractivity contribution < 1.29 is 86.7 Å². The maximum absolute atomic E-state index is 12.8. The van der Waals surface area contributed by atoms with Crippen LogP contribution in [0.25, 0.3) is 0 Å². The van der Waals surface area contributed by atoms with Crippen molar-refractivity contribution in [1.82, 2.24) is 0 Å². The summed E-state index contributed by atoms with van der Waals surface area (Å²) in [5.41, 5.74) is -2.72. The second-order valence-corrected chi connectivity index (χ2v) is 9.54. The molecular formula is C20H22BaF14O5. The van der Waals surface area contributed by atoms with Crippen molar-refractivity contribution in [2.75, 3.05) is 0 Å². The van der Waals surface area contributed by atoms with Gasteiger partial charge in [-0.2, -0.15) is 61.5 Å². The average Bonchev–Trinajstić information content (AvgIpc) is 2.64. The largest absolute Gasteiger partial charge is 2.00 e. The molecule has 2 N–H and O–H groups in total. The number of halogens is 14. The molecule has 0 aromatic rings. The van der Waals surface area contributed by atoms with Crippen molar-refractivity contribution in [2.45, 2.75) is 77.6 Å². The van der Waals surface area contributed by atoms with Crippen LogP contribution in [-0.2, 0) is 9.59 Å². The maximum atomic E-state index is 12.8. The number of hydrogen-bond acceptors (Lipinski definition) is 4. The zero-order valence-electron chi connectivity index (χ0n) is 21.3. The molecule has 0 amide bonds. The normalized spacial score (nSPS) is 14.8. The Morgan fingerprint density at radius 1 is 0.500 bits per heavy atom. The van der Waals surface area contributed by atoms with Crippen LogP contribution >= 0.6 is 0 Å². The number of carbonyl (C=O) groups excluding carboxylic acids is 2. The molecule has 0 spiro atoms. The van der Waals surface area contributed by atoms with Gasteiger partial charge in [-0.1, -0.05) is 41.5 Å². The van der Waals surface area contributed by atoms with E-state index in [9.17, 15) is 81.3 Å². The molecule has 0 saturated heterocycles. The minimum atomic E-state index is -6.61. The molecule has 20 heteroatoms. The molecule has 0 aliphatic heterocycles. The van der Waals surface area contributed by atoms with Gasteiger partial charge in [0.05, 0.1) is 0 Å². The number of ketones is 2. The molecule has 0 atom stereocenters. The van der Waals surface area contributed by atoms with E-state index >= 15 is 0 Å². The number of carbonyl (C=O) groups is 2. The Morgan fingerprint density at radius 3 is 0.800 bits per heavy atom. The van der Waals surface area contributed by atoms with Crippen LogP contribution in [0.15, 0.2) is 23.7 Å². The Hall–Kier alpha value is -1.03. The summed E-state index contributed by atoms with van der Waals surface area (Å²) in [6, 6.07) is 0. The van der Waals surface area contributed by atoms with E-state index in [0.29, 0.717) is 0 Å². The minimum absolute atomic E-state index is 0. The van der Waals surface area contributed by atoms with E-state index in [1.54, 1.807) is 0 Å². The second kappa shape index (κ2) is 14.0. The van der Waals surface area contributed by atoms with Crippen LogP contribution < -0.4 is 10.2 Å². The standard InChI is InChI=1S/2C10H11F7O2.Ba.H2O/c2*1-7(2,3)5(18)4-6(19)8(11,12)9(13,14)10(15,16)17;;/h2*4,18H,1-3H3;;1H2/q;;+2;/p-2/b2*5-4-;;. The Kier molecular flexibility index (Phi) is 16.0. The summed E-state index contributed by atoms with van der Waals surface area (Å²) < 4.78 is 172. The average molecular weight is 746 g/mol. The van der Waals surface area contributed by atoms with Crippen LogP contribution in [0.1, 0.15) is 41.5 Å². The Balaban J connectivity index is -0.000000309. The molecule has 0 saturated carbocycles. The number of rotatable bonds is 6. The predicted molar refractivity (Wildman–Crippen MR) is 106 cm³/mol. The zero-order valence-corrected chi connectivity index (χ0v) is 25.7. The van der Waals surface area contributed by atoms with E-state index in [1.807, 2.05) is 0 Å². The van der Waals surface area contributed by atoms with Crippen LogP contribution in [0.4, 0.5) is 61.5 Å². The van der Waals surface area contributed by atoms with Gasteiger partial charge in [0.1, 0.15) is 0 Å². The molecule has 5 nitrogen and oxygen atoms in total. The third-order valence-corrected chi connectivity index (χ3v) is 4.12. The third-order valence-electron chi connectivity index (χ3n) is 4.12. The predicted octanol–water partition coefficient (Wildman–Crippen LogP) is 4.15. The quantitative estimate of drug-likeness (QED) is 0.176. The SMILES string of the molecule is CC(C)(C)/C([O-])=C/C(=O)C(F)(F)C(F)(F)C(F)(F)F.CC(C)(C)/C([O-])=C/C(=O)C(F)(F)C(F)(F)C(F)(F)F.O.[Ba+2].